The summed E-state index contributed by atoms with van der Waals surface area (Å²) in [6.45, 7) is 2.12. The Morgan fingerprint density at radius 3 is 1.65 bits per heavy atom. The SMILES string of the molecule is CCc1ccc2c(c1)C(c1ccc(OC)c(C(=O)OC)c1)(c1ccc(OC)c(C(=O)OC)c1)c1cc(Br)ccc1-2. The molecular weight excluding hydrogens is 572 g/mol. The molecule has 0 heterocycles. The number of carbonyl (C=O) groups excluding carboxylic acids is 2. The number of ether oxygens (including phenoxy) is 4. The van der Waals surface area contributed by atoms with Gasteiger partial charge in [-0.3, -0.25) is 0 Å². The van der Waals surface area contributed by atoms with Crippen LogP contribution in [0.2, 0.25) is 0 Å². The molecule has 204 valence electrons. The Morgan fingerprint density at radius 2 is 1.18 bits per heavy atom. The molecular formula is C33H29BrO6. The largest absolute Gasteiger partial charge is 0.496 e. The number of halogens is 1. The van der Waals surface area contributed by atoms with Crippen LogP contribution >= 0.6 is 15.9 Å². The van der Waals surface area contributed by atoms with E-state index in [2.05, 4.69) is 53.2 Å². The van der Waals surface area contributed by atoms with Gasteiger partial charge in [-0.25, -0.2) is 9.59 Å². The summed E-state index contributed by atoms with van der Waals surface area (Å²) >= 11 is 3.69. The van der Waals surface area contributed by atoms with Gasteiger partial charge in [-0.2, -0.15) is 0 Å². The molecule has 0 atom stereocenters. The number of hydrogen-bond acceptors (Lipinski definition) is 6. The highest BCUT2D eigenvalue weighted by molar-refractivity contribution is 9.10. The first-order valence-corrected chi connectivity index (χ1v) is 13.6. The van der Waals surface area contributed by atoms with Crippen LogP contribution in [0.25, 0.3) is 11.1 Å². The first kappa shape index (κ1) is 27.5. The molecule has 0 spiro atoms. The molecule has 1 aliphatic rings. The lowest BCUT2D eigenvalue weighted by molar-refractivity contribution is 0.0588. The van der Waals surface area contributed by atoms with Gasteiger partial charge in [0.1, 0.15) is 22.6 Å². The van der Waals surface area contributed by atoms with E-state index < -0.39 is 17.4 Å². The lowest BCUT2D eigenvalue weighted by Crippen LogP contribution is -2.29. The molecule has 0 bridgehead atoms. The van der Waals surface area contributed by atoms with Crippen molar-refractivity contribution in [3.05, 3.63) is 116 Å². The van der Waals surface area contributed by atoms with Crippen LogP contribution in [0.4, 0.5) is 0 Å². The van der Waals surface area contributed by atoms with Crippen molar-refractivity contribution >= 4 is 27.9 Å². The molecule has 0 saturated carbocycles. The molecule has 7 heteroatoms. The second-order valence-electron chi connectivity index (χ2n) is 9.49. The predicted molar refractivity (Wildman–Crippen MR) is 157 cm³/mol. The maximum atomic E-state index is 12.9. The van der Waals surface area contributed by atoms with Crippen LogP contribution in [0.3, 0.4) is 0 Å². The second kappa shape index (κ2) is 10.8. The number of aryl methyl sites for hydroxylation is 1. The summed E-state index contributed by atoms with van der Waals surface area (Å²) < 4.78 is 22.2. The Balaban J connectivity index is 1.98. The third kappa shape index (κ3) is 4.16. The van der Waals surface area contributed by atoms with E-state index in [1.54, 1.807) is 12.1 Å². The Hall–Kier alpha value is -4.10. The van der Waals surface area contributed by atoms with Gasteiger partial charge >= 0.3 is 11.9 Å². The molecule has 4 aromatic rings. The fraction of sp³-hybridized carbons (Fsp3) is 0.212. The van der Waals surface area contributed by atoms with Gasteiger partial charge in [0.05, 0.1) is 33.9 Å². The summed E-state index contributed by atoms with van der Waals surface area (Å²) in [7, 11) is 5.74. The molecule has 1 aliphatic carbocycles. The van der Waals surface area contributed by atoms with Crippen LogP contribution in [-0.2, 0) is 21.3 Å². The quantitative estimate of drug-likeness (QED) is 0.188. The molecule has 0 aliphatic heterocycles. The molecule has 4 aromatic carbocycles. The van der Waals surface area contributed by atoms with Gasteiger partial charge in [-0.15, -0.1) is 0 Å². The Morgan fingerprint density at radius 1 is 0.675 bits per heavy atom. The summed E-state index contributed by atoms with van der Waals surface area (Å²) in [6, 6.07) is 23.9. The fourth-order valence-electron chi connectivity index (χ4n) is 5.77. The zero-order valence-corrected chi connectivity index (χ0v) is 24.5. The van der Waals surface area contributed by atoms with Gasteiger partial charge in [-0.05, 0) is 81.8 Å². The number of esters is 2. The molecule has 0 amide bonds. The van der Waals surface area contributed by atoms with Gasteiger partial charge in [0.2, 0.25) is 0 Å². The highest BCUT2D eigenvalue weighted by atomic mass is 79.9. The molecule has 0 unspecified atom stereocenters. The van der Waals surface area contributed by atoms with Crippen molar-refractivity contribution in [2.45, 2.75) is 18.8 Å². The van der Waals surface area contributed by atoms with Gasteiger partial charge in [0.25, 0.3) is 0 Å². The van der Waals surface area contributed by atoms with Crippen LogP contribution < -0.4 is 9.47 Å². The van der Waals surface area contributed by atoms with Crippen LogP contribution in [0.15, 0.2) is 77.3 Å². The molecule has 6 nitrogen and oxygen atoms in total. The molecule has 0 saturated heterocycles. The highest BCUT2D eigenvalue weighted by Gasteiger charge is 2.47. The van der Waals surface area contributed by atoms with Crippen molar-refractivity contribution in [1.29, 1.82) is 0 Å². The Labute approximate surface area is 242 Å². The van der Waals surface area contributed by atoms with Crippen molar-refractivity contribution in [1.82, 2.24) is 0 Å². The third-order valence-corrected chi connectivity index (χ3v) is 8.14. The Bertz CT molecular complexity index is 1570. The van der Waals surface area contributed by atoms with E-state index >= 15 is 0 Å². The average Bonchev–Trinajstić information content (AvgIpc) is 3.28. The van der Waals surface area contributed by atoms with Crippen LogP contribution in [0.5, 0.6) is 11.5 Å². The number of fused-ring (bicyclic) bond motifs is 3. The zero-order chi connectivity index (χ0) is 28.6. The number of benzene rings is 4. The van der Waals surface area contributed by atoms with E-state index in [4.69, 9.17) is 18.9 Å². The maximum absolute atomic E-state index is 12.9. The minimum Gasteiger partial charge on any atom is -0.496 e. The minimum absolute atomic E-state index is 0.306. The number of carbonyl (C=O) groups is 2. The topological polar surface area (TPSA) is 71.1 Å². The van der Waals surface area contributed by atoms with E-state index in [-0.39, 0.29) is 0 Å². The Kier molecular flexibility index (Phi) is 7.43. The molecule has 0 aromatic heterocycles. The second-order valence-corrected chi connectivity index (χ2v) is 10.4. The maximum Gasteiger partial charge on any atom is 0.341 e. The number of methoxy groups -OCH3 is 4. The summed E-state index contributed by atoms with van der Waals surface area (Å²) in [4.78, 5) is 25.9. The summed E-state index contributed by atoms with van der Waals surface area (Å²) in [5, 5.41) is 0. The van der Waals surface area contributed by atoms with Gasteiger partial charge < -0.3 is 18.9 Å². The normalized spacial score (nSPS) is 12.8. The molecule has 0 fully saturated rings. The summed E-state index contributed by atoms with van der Waals surface area (Å²) in [5.41, 5.74) is 6.70. The first-order valence-electron chi connectivity index (χ1n) is 12.8. The van der Waals surface area contributed by atoms with Crippen molar-refractivity contribution in [2.24, 2.45) is 0 Å². The zero-order valence-electron chi connectivity index (χ0n) is 23.0. The van der Waals surface area contributed by atoms with Crippen LogP contribution in [-0.4, -0.2) is 40.4 Å². The van der Waals surface area contributed by atoms with E-state index in [1.807, 2.05) is 30.3 Å². The van der Waals surface area contributed by atoms with Crippen LogP contribution in [0, 0.1) is 0 Å². The monoisotopic (exact) mass is 600 g/mol. The van der Waals surface area contributed by atoms with Gasteiger partial charge in [-0.1, -0.05) is 59.3 Å². The molecule has 40 heavy (non-hydrogen) atoms. The third-order valence-electron chi connectivity index (χ3n) is 7.65. The van der Waals surface area contributed by atoms with Crippen molar-refractivity contribution in [2.75, 3.05) is 28.4 Å². The average molecular weight is 601 g/mol. The first-order chi connectivity index (χ1) is 19.3. The summed E-state index contributed by atoms with van der Waals surface area (Å²) in [5.74, 6) is -0.195. The molecule has 0 N–H and O–H groups in total. The van der Waals surface area contributed by atoms with E-state index in [0.717, 1.165) is 44.3 Å². The molecule has 0 radical (unpaired) electrons. The van der Waals surface area contributed by atoms with Gasteiger partial charge in [0, 0.05) is 4.47 Å². The van der Waals surface area contributed by atoms with E-state index in [1.165, 1.54) is 34.0 Å². The number of hydrogen-bond donors (Lipinski definition) is 0. The van der Waals surface area contributed by atoms with E-state index in [0.29, 0.717) is 22.6 Å². The standard InChI is InChI=1S/C33H29BrO6/c1-6-19-7-11-23-24-12-10-22(34)18-28(24)33(27(23)15-19,20-8-13-29(37-2)25(16-20)31(35)39-4)21-9-14-30(38-3)26(17-21)32(36)40-5/h7-18H,6H2,1-5H3. The van der Waals surface area contributed by atoms with Crippen molar-refractivity contribution < 1.29 is 28.5 Å². The number of rotatable bonds is 7. The van der Waals surface area contributed by atoms with Crippen LogP contribution in [0.1, 0.15) is 55.5 Å². The smallest absolute Gasteiger partial charge is 0.341 e. The van der Waals surface area contributed by atoms with Gasteiger partial charge in [0.15, 0.2) is 0 Å². The highest BCUT2D eigenvalue weighted by Crippen LogP contribution is 2.57. The minimum atomic E-state index is -0.899. The fourth-order valence-corrected chi connectivity index (χ4v) is 6.13. The van der Waals surface area contributed by atoms with E-state index in [9.17, 15) is 9.59 Å². The lowest BCUT2D eigenvalue weighted by Gasteiger charge is -2.35. The molecule has 5 rings (SSSR count). The predicted octanol–water partition coefficient (Wildman–Crippen LogP) is 6.97. The lowest BCUT2D eigenvalue weighted by atomic mass is 9.67. The van der Waals surface area contributed by atoms with Crippen molar-refractivity contribution in [3.63, 3.8) is 0 Å². The summed E-state index contributed by atoms with van der Waals surface area (Å²) in [6.07, 6.45) is 0.843. The van der Waals surface area contributed by atoms with Crippen molar-refractivity contribution in [3.8, 4) is 22.6 Å².